The van der Waals surface area contributed by atoms with Crippen LogP contribution in [-0.2, 0) is 4.79 Å². The van der Waals surface area contributed by atoms with Gasteiger partial charge in [0.25, 0.3) is 0 Å². The Balaban J connectivity index is 1.83. The number of aliphatic carboxylic acids is 1. The second-order valence-electron chi connectivity index (χ2n) is 7.27. The zero-order valence-corrected chi connectivity index (χ0v) is 14.4. The van der Waals surface area contributed by atoms with E-state index in [4.69, 9.17) is 9.47 Å². The summed E-state index contributed by atoms with van der Waals surface area (Å²) < 4.78 is 10.7. The molecule has 1 aromatic rings. The molecule has 5 nitrogen and oxygen atoms in total. The summed E-state index contributed by atoms with van der Waals surface area (Å²) in [6.07, 6.45) is 4.88. The fourth-order valence-corrected chi connectivity index (χ4v) is 3.90. The Morgan fingerprint density at radius 3 is 2.83 bits per heavy atom. The molecule has 0 saturated carbocycles. The third-order valence-electron chi connectivity index (χ3n) is 4.93. The molecule has 2 aliphatic heterocycles. The Morgan fingerprint density at radius 2 is 2.12 bits per heavy atom. The first kappa shape index (κ1) is 16.8. The molecule has 1 N–H and O–H groups in total. The smallest absolute Gasteiger partial charge is 0.231 e. The average Bonchev–Trinajstić information content (AvgIpc) is 3.11. The molecule has 0 aliphatic carbocycles. The van der Waals surface area contributed by atoms with Crippen molar-refractivity contribution in [3.63, 3.8) is 0 Å². The highest BCUT2D eigenvalue weighted by molar-refractivity contribution is 5.71. The quantitative estimate of drug-likeness (QED) is 0.834. The van der Waals surface area contributed by atoms with E-state index in [1.807, 2.05) is 31.2 Å². The lowest BCUT2D eigenvalue weighted by Gasteiger charge is -2.30. The van der Waals surface area contributed by atoms with Crippen molar-refractivity contribution in [2.75, 3.05) is 13.3 Å². The number of hydrogen-bond acceptors (Lipinski definition) is 5. The van der Waals surface area contributed by atoms with E-state index in [1.54, 1.807) is 0 Å². The van der Waals surface area contributed by atoms with Gasteiger partial charge in [-0.1, -0.05) is 32.1 Å². The number of carboxylic acids is 1. The first-order chi connectivity index (χ1) is 11.4. The van der Waals surface area contributed by atoms with Crippen LogP contribution in [0, 0.1) is 11.3 Å². The van der Waals surface area contributed by atoms with Gasteiger partial charge in [0.05, 0.1) is 0 Å². The van der Waals surface area contributed by atoms with E-state index in [0.29, 0.717) is 18.0 Å². The van der Waals surface area contributed by atoms with Gasteiger partial charge in [-0.25, -0.2) is 0 Å². The normalized spacial score (nSPS) is 26.2. The minimum atomic E-state index is -0.996. The Bertz CT molecular complexity index is 653. The SMILES string of the molecule is C/C=C/C(C)(C)CC1NCC(c2ccc3c(c2)OCO3)C1C(=O)[O-]. The van der Waals surface area contributed by atoms with Crippen LogP contribution in [0.4, 0.5) is 0 Å². The predicted octanol–water partition coefficient (Wildman–Crippen LogP) is 1.83. The number of carbonyl (C=O) groups excluding carboxylic acids is 1. The summed E-state index contributed by atoms with van der Waals surface area (Å²) in [5.41, 5.74) is 0.886. The summed E-state index contributed by atoms with van der Waals surface area (Å²) in [6.45, 7) is 7.06. The number of allylic oxidation sites excluding steroid dienone is 2. The molecule has 24 heavy (non-hydrogen) atoms. The van der Waals surface area contributed by atoms with E-state index < -0.39 is 11.9 Å². The molecule has 3 rings (SSSR count). The molecule has 2 aliphatic rings. The highest BCUT2D eigenvalue weighted by Crippen LogP contribution is 2.41. The fourth-order valence-electron chi connectivity index (χ4n) is 3.90. The number of nitrogens with one attached hydrogen (secondary N) is 1. The van der Waals surface area contributed by atoms with E-state index in [9.17, 15) is 9.90 Å². The fraction of sp³-hybridized carbons (Fsp3) is 0.526. The number of hydrogen-bond donors (Lipinski definition) is 1. The maximum absolute atomic E-state index is 11.8. The Hall–Kier alpha value is -2.01. The van der Waals surface area contributed by atoms with Gasteiger partial charge in [0, 0.05) is 30.4 Å². The summed E-state index contributed by atoms with van der Waals surface area (Å²) in [7, 11) is 0. The zero-order chi connectivity index (χ0) is 17.3. The summed E-state index contributed by atoms with van der Waals surface area (Å²) >= 11 is 0. The van der Waals surface area contributed by atoms with Gasteiger partial charge in [-0.2, -0.15) is 0 Å². The van der Waals surface area contributed by atoms with Crippen LogP contribution in [0.25, 0.3) is 0 Å². The van der Waals surface area contributed by atoms with Crippen LogP contribution < -0.4 is 19.9 Å². The largest absolute Gasteiger partial charge is 0.550 e. The molecule has 0 amide bonds. The van der Waals surface area contributed by atoms with Crippen LogP contribution in [0.15, 0.2) is 30.4 Å². The predicted molar refractivity (Wildman–Crippen MR) is 88.8 cm³/mol. The molecule has 1 aromatic carbocycles. The highest BCUT2D eigenvalue weighted by Gasteiger charge is 2.40. The van der Waals surface area contributed by atoms with Crippen molar-refractivity contribution in [2.45, 2.75) is 39.2 Å². The Labute approximate surface area is 142 Å². The monoisotopic (exact) mass is 330 g/mol. The number of carbonyl (C=O) groups is 1. The Kier molecular flexibility index (Phi) is 4.54. The molecule has 1 fully saturated rings. The van der Waals surface area contributed by atoms with Gasteiger partial charge in [0.2, 0.25) is 6.79 Å². The van der Waals surface area contributed by atoms with Crippen LogP contribution in [0.5, 0.6) is 11.5 Å². The highest BCUT2D eigenvalue weighted by atomic mass is 16.7. The second-order valence-corrected chi connectivity index (χ2v) is 7.27. The molecule has 0 spiro atoms. The molecular formula is C19H24NO4-. The minimum absolute atomic E-state index is 0.0656. The summed E-state index contributed by atoms with van der Waals surface area (Å²) in [5, 5.41) is 15.2. The molecule has 0 radical (unpaired) electrons. The molecule has 2 heterocycles. The van der Waals surface area contributed by atoms with Crippen molar-refractivity contribution in [3.8, 4) is 11.5 Å². The molecule has 0 aromatic heterocycles. The maximum Gasteiger partial charge on any atom is 0.231 e. The van der Waals surface area contributed by atoms with Gasteiger partial charge in [-0.3, -0.25) is 0 Å². The maximum atomic E-state index is 11.8. The van der Waals surface area contributed by atoms with Crippen LogP contribution >= 0.6 is 0 Å². The standard InChI is InChI=1S/C19H25NO4/c1-4-7-19(2,3)9-14-17(18(21)22)13(10-20-14)12-5-6-15-16(8-12)24-11-23-15/h4-8,13-14,17,20H,9-11H2,1-3H3,(H,21,22)/p-1/b7-4+. The molecule has 3 unspecified atom stereocenters. The van der Waals surface area contributed by atoms with Crippen LogP contribution in [-0.4, -0.2) is 25.3 Å². The van der Waals surface area contributed by atoms with Crippen molar-refractivity contribution in [2.24, 2.45) is 11.3 Å². The van der Waals surface area contributed by atoms with Gasteiger partial charge in [-0.15, -0.1) is 0 Å². The van der Waals surface area contributed by atoms with Gasteiger partial charge in [0.15, 0.2) is 11.5 Å². The van der Waals surface area contributed by atoms with Gasteiger partial charge in [0.1, 0.15) is 0 Å². The lowest BCUT2D eigenvalue weighted by molar-refractivity contribution is -0.312. The lowest BCUT2D eigenvalue weighted by atomic mass is 9.78. The van der Waals surface area contributed by atoms with Crippen LogP contribution in [0.2, 0.25) is 0 Å². The lowest BCUT2D eigenvalue weighted by Crippen LogP contribution is -2.42. The molecule has 0 bridgehead atoms. The number of rotatable bonds is 5. The van der Waals surface area contributed by atoms with E-state index in [1.165, 1.54) is 0 Å². The summed E-state index contributed by atoms with van der Waals surface area (Å²) in [6, 6.07) is 5.55. The van der Waals surface area contributed by atoms with Gasteiger partial charge in [-0.05, 0) is 36.5 Å². The van der Waals surface area contributed by atoms with Crippen LogP contribution in [0.1, 0.15) is 38.7 Å². The zero-order valence-electron chi connectivity index (χ0n) is 14.4. The van der Waals surface area contributed by atoms with Crippen LogP contribution in [0.3, 0.4) is 0 Å². The molecule has 130 valence electrons. The van der Waals surface area contributed by atoms with Crippen molar-refractivity contribution in [1.29, 1.82) is 0 Å². The third kappa shape index (κ3) is 3.26. The van der Waals surface area contributed by atoms with Gasteiger partial charge < -0.3 is 24.7 Å². The first-order valence-corrected chi connectivity index (χ1v) is 8.39. The van der Waals surface area contributed by atoms with Gasteiger partial charge >= 0.3 is 0 Å². The van der Waals surface area contributed by atoms with Crippen molar-refractivity contribution >= 4 is 5.97 Å². The molecule has 1 saturated heterocycles. The van der Waals surface area contributed by atoms with Crippen molar-refractivity contribution in [1.82, 2.24) is 5.32 Å². The third-order valence-corrected chi connectivity index (χ3v) is 4.93. The number of benzene rings is 1. The summed E-state index contributed by atoms with van der Waals surface area (Å²) in [5.74, 6) is -0.294. The summed E-state index contributed by atoms with van der Waals surface area (Å²) in [4.78, 5) is 11.8. The molecule has 3 atom stereocenters. The first-order valence-electron chi connectivity index (χ1n) is 8.39. The van der Waals surface area contributed by atoms with E-state index in [-0.39, 0.29) is 24.2 Å². The Morgan fingerprint density at radius 1 is 1.38 bits per heavy atom. The van der Waals surface area contributed by atoms with E-state index in [2.05, 4.69) is 25.2 Å². The van der Waals surface area contributed by atoms with E-state index in [0.717, 1.165) is 12.0 Å². The number of fused-ring (bicyclic) bond motifs is 1. The minimum Gasteiger partial charge on any atom is -0.550 e. The molecule has 5 heteroatoms. The van der Waals surface area contributed by atoms with Crippen molar-refractivity contribution in [3.05, 3.63) is 35.9 Å². The van der Waals surface area contributed by atoms with Crippen molar-refractivity contribution < 1.29 is 19.4 Å². The number of ether oxygens (including phenoxy) is 2. The number of carboxylic acid groups (broad SMARTS) is 1. The molecular weight excluding hydrogens is 306 g/mol. The topological polar surface area (TPSA) is 70.6 Å². The van der Waals surface area contributed by atoms with E-state index >= 15 is 0 Å². The average molecular weight is 330 g/mol. The second kappa shape index (κ2) is 6.48.